The van der Waals surface area contributed by atoms with Gasteiger partial charge in [0.2, 0.25) is 0 Å². The summed E-state index contributed by atoms with van der Waals surface area (Å²) in [6.07, 6.45) is 1.40. The summed E-state index contributed by atoms with van der Waals surface area (Å²) in [5, 5.41) is 21.1. The Labute approximate surface area is 114 Å². The number of hydrogen-bond donors (Lipinski definition) is 3. The number of likely N-dealkylation sites (tertiary alicyclic amines) is 1. The Bertz CT molecular complexity index is 376. The van der Waals surface area contributed by atoms with Gasteiger partial charge < -0.3 is 20.4 Å². The molecule has 8 heteroatoms. The van der Waals surface area contributed by atoms with Crippen LogP contribution in [0.15, 0.2) is 0 Å². The summed E-state index contributed by atoms with van der Waals surface area (Å²) >= 11 is 0. The first-order valence-corrected chi connectivity index (χ1v) is 7.82. The number of aliphatic hydroxyl groups is 1. The number of carboxylic acids is 1. The van der Waals surface area contributed by atoms with E-state index in [9.17, 15) is 18.9 Å². The molecule has 19 heavy (non-hydrogen) atoms. The van der Waals surface area contributed by atoms with E-state index in [1.807, 2.05) is 0 Å². The third-order valence-electron chi connectivity index (χ3n) is 3.03. The molecular weight excluding hydrogens is 272 g/mol. The molecule has 3 N–H and O–H groups in total. The van der Waals surface area contributed by atoms with Crippen LogP contribution in [0.25, 0.3) is 0 Å². The fraction of sp³-hybridized carbons (Fsp3) is 0.818. The molecule has 0 radical (unpaired) electrons. The maximum absolute atomic E-state index is 11.9. The van der Waals surface area contributed by atoms with Crippen molar-refractivity contribution in [3.05, 3.63) is 0 Å². The van der Waals surface area contributed by atoms with Crippen molar-refractivity contribution in [2.24, 2.45) is 0 Å². The van der Waals surface area contributed by atoms with Crippen LogP contribution in [-0.2, 0) is 15.6 Å². The molecular formula is C11H20N2O5S. The fourth-order valence-electron chi connectivity index (χ4n) is 1.98. The van der Waals surface area contributed by atoms with E-state index in [1.165, 1.54) is 0 Å². The van der Waals surface area contributed by atoms with E-state index < -0.39 is 34.9 Å². The van der Waals surface area contributed by atoms with Crippen LogP contribution < -0.4 is 5.32 Å². The van der Waals surface area contributed by atoms with Gasteiger partial charge in [-0.2, -0.15) is 0 Å². The number of hydrogen-bond acceptors (Lipinski definition) is 4. The van der Waals surface area contributed by atoms with Gasteiger partial charge in [0, 0.05) is 41.8 Å². The maximum Gasteiger partial charge on any atom is 0.326 e. The molecule has 0 saturated carbocycles. The van der Waals surface area contributed by atoms with E-state index in [4.69, 9.17) is 5.11 Å². The lowest BCUT2D eigenvalue weighted by molar-refractivity contribution is -0.141. The van der Waals surface area contributed by atoms with Crippen molar-refractivity contribution < 1.29 is 24.0 Å². The molecule has 1 aliphatic rings. The van der Waals surface area contributed by atoms with Gasteiger partial charge in [0.1, 0.15) is 6.04 Å². The van der Waals surface area contributed by atoms with Gasteiger partial charge in [0.05, 0.1) is 6.10 Å². The summed E-state index contributed by atoms with van der Waals surface area (Å²) in [5.41, 5.74) is 0. The Kier molecular flexibility index (Phi) is 5.74. The largest absolute Gasteiger partial charge is 0.480 e. The molecule has 1 heterocycles. The number of urea groups is 1. The zero-order valence-electron chi connectivity index (χ0n) is 11.0. The van der Waals surface area contributed by atoms with Gasteiger partial charge in [-0.15, -0.1) is 0 Å². The molecule has 1 rings (SSSR count). The van der Waals surface area contributed by atoms with E-state index in [2.05, 4.69) is 5.32 Å². The van der Waals surface area contributed by atoms with E-state index in [1.54, 1.807) is 13.2 Å². The summed E-state index contributed by atoms with van der Waals surface area (Å²) in [6, 6.07) is -1.68. The number of carbonyl (C=O) groups excluding carboxylic acids is 1. The SMILES string of the molecule is CC(CCS(C)=O)NC(=O)N1CC(O)CC1C(=O)O. The molecule has 1 aliphatic heterocycles. The number of aliphatic hydroxyl groups excluding tert-OH is 1. The number of aliphatic carboxylic acids is 1. The van der Waals surface area contributed by atoms with E-state index in [0.717, 1.165) is 4.90 Å². The van der Waals surface area contributed by atoms with Crippen LogP contribution in [0.2, 0.25) is 0 Å². The molecule has 0 aromatic carbocycles. The predicted octanol–water partition coefficient (Wildman–Crippen LogP) is -0.627. The number of amides is 2. The predicted molar refractivity (Wildman–Crippen MR) is 70.3 cm³/mol. The Hall–Kier alpha value is -1.15. The van der Waals surface area contributed by atoms with Crippen LogP contribution in [0.3, 0.4) is 0 Å². The minimum Gasteiger partial charge on any atom is -0.480 e. The third kappa shape index (κ3) is 4.79. The second kappa shape index (κ2) is 6.85. The van der Waals surface area contributed by atoms with Crippen LogP contribution in [0.5, 0.6) is 0 Å². The molecule has 0 aromatic rings. The van der Waals surface area contributed by atoms with Gasteiger partial charge >= 0.3 is 12.0 Å². The van der Waals surface area contributed by atoms with Gasteiger partial charge in [-0.1, -0.05) is 0 Å². The summed E-state index contributed by atoms with van der Waals surface area (Å²) < 4.78 is 11.0. The second-order valence-electron chi connectivity index (χ2n) is 4.81. The minimum absolute atomic E-state index is 0.0230. The van der Waals surface area contributed by atoms with Crippen molar-refractivity contribution in [1.29, 1.82) is 0 Å². The Balaban J connectivity index is 2.52. The maximum atomic E-state index is 11.9. The van der Waals surface area contributed by atoms with Crippen LogP contribution in [-0.4, -0.2) is 68.1 Å². The lowest BCUT2D eigenvalue weighted by Gasteiger charge is -2.24. The van der Waals surface area contributed by atoms with E-state index in [-0.39, 0.29) is 19.0 Å². The summed E-state index contributed by atoms with van der Waals surface area (Å²) in [6.45, 7) is 1.79. The second-order valence-corrected chi connectivity index (χ2v) is 6.37. The molecule has 1 fully saturated rings. The van der Waals surface area contributed by atoms with Gasteiger partial charge in [-0.25, -0.2) is 9.59 Å². The van der Waals surface area contributed by atoms with Crippen molar-refractivity contribution in [2.45, 2.75) is 38.0 Å². The van der Waals surface area contributed by atoms with Crippen LogP contribution in [0.4, 0.5) is 4.79 Å². The third-order valence-corrected chi connectivity index (χ3v) is 3.84. The normalized spacial score (nSPS) is 25.9. The standard InChI is InChI=1S/C11H20N2O5S/c1-7(3-4-19(2)18)12-11(17)13-6-8(14)5-9(13)10(15)16/h7-9,14H,3-6H2,1-2H3,(H,12,17)(H,15,16). The Morgan fingerprint density at radius 2 is 2.16 bits per heavy atom. The average Bonchev–Trinajstić information content (AvgIpc) is 2.69. The van der Waals surface area contributed by atoms with Crippen molar-refractivity contribution in [3.63, 3.8) is 0 Å². The molecule has 1 saturated heterocycles. The average molecular weight is 292 g/mol. The molecule has 0 spiro atoms. The number of β-amino-alcohol motifs (C(OH)–C–C–N with tert-alkyl or cyclic N) is 1. The molecule has 110 valence electrons. The first-order chi connectivity index (χ1) is 8.81. The lowest BCUT2D eigenvalue weighted by atomic mass is 10.2. The molecule has 7 nitrogen and oxygen atoms in total. The molecule has 0 aliphatic carbocycles. The van der Waals surface area contributed by atoms with Gasteiger partial charge in [0.15, 0.2) is 0 Å². The summed E-state index contributed by atoms with van der Waals surface area (Å²) in [5.74, 6) is -0.638. The number of carbonyl (C=O) groups is 2. The molecule has 0 aromatic heterocycles. The van der Waals surface area contributed by atoms with E-state index >= 15 is 0 Å². The van der Waals surface area contributed by atoms with Crippen molar-refractivity contribution >= 4 is 22.8 Å². The van der Waals surface area contributed by atoms with Crippen LogP contribution in [0.1, 0.15) is 19.8 Å². The highest BCUT2D eigenvalue weighted by atomic mass is 32.2. The molecule has 0 bridgehead atoms. The Morgan fingerprint density at radius 1 is 1.53 bits per heavy atom. The minimum atomic E-state index is -1.12. The highest BCUT2D eigenvalue weighted by Crippen LogP contribution is 2.18. The zero-order valence-corrected chi connectivity index (χ0v) is 11.9. The van der Waals surface area contributed by atoms with Crippen molar-refractivity contribution in [1.82, 2.24) is 10.2 Å². The smallest absolute Gasteiger partial charge is 0.326 e. The monoisotopic (exact) mass is 292 g/mol. The number of carboxylic acid groups (broad SMARTS) is 1. The fourth-order valence-corrected chi connectivity index (χ4v) is 2.67. The Morgan fingerprint density at radius 3 is 2.68 bits per heavy atom. The summed E-state index contributed by atoms with van der Waals surface area (Å²) in [4.78, 5) is 24.0. The van der Waals surface area contributed by atoms with Gasteiger partial charge in [0.25, 0.3) is 0 Å². The van der Waals surface area contributed by atoms with Gasteiger partial charge in [-0.3, -0.25) is 4.21 Å². The topological polar surface area (TPSA) is 107 Å². The van der Waals surface area contributed by atoms with Crippen LogP contribution >= 0.6 is 0 Å². The first-order valence-electron chi connectivity index (χ1n) is 6.09. The zero-order chi connectivity index (χ0) is 14.6. The first kappa shape index (κ1) is 15.9. The van der Waals surface area contributed by atoms with E-state index in [0.29, 0.717) is 12.2 Å². The van der Waals surface area contributed by atoms with Crippen molar-refractivity contribution in [2.75, 3.05) is 18.6 Å². The number of nitrogens with one attached hydrogen (secondary N) is 1. The molecule has 4 atom stereocenters. The highest BCUT2D eigenvalue weighted by Gasteiger charge is 2.39. The van der Waals surface area contributed by atoms with Crippen LogP contribution in [0, 0.1) is 0 Å². The summed E-state index contributed by atoms with van der Waals surface area (Å²) in [7, 11) is -0.922. The van der Waals surface area contributed by atoms with Gasteiger partial charge in [-0.05, 0) is 13.3 Å². The highest BCUT2D eigenvalue weighted by molar-refractivity contribution is 7.84. The lowest BCUT2D eigenvalue weighted by Crippen LogP contribution is -2.48. The number of rotatable bonds is 5. The number of nitrogens with zero attached hydrogens (tertiary/aromatic N) is 1. The molecule has 4 unspecified atom stereocenters. The molecule has 2 amide bonds. The quantitative estimate of drug-likeness (QED) is 0.625. The van der Waals surface area contributed by atoms with Crippen molar-refractivity contribution in [3.8, 4) is 0 Å².